The molecule has 1 aliphatic rings. The number of rotatable bonds is 5. The highest BCUT2D eigenvalue weighted by atomic mass is 16.5. The molecule has 100 valence electrons. The lowest BCUT2D eigenvalue weighted by molar-refractivity contribution is -0.121. The van der Waals surface area contributed by atoms with Gasteiger partial charge in [-0.2, -0.15) is 5.10 Å². The average Bonchev–Trinajstić information content (AvgIpc) is 2.76. The van der Waals surface area contributed by atoms with E-state index in [0.29, 0.717) is 13.1 Å². The second-order valence-corrected chi connectivity index (χ2v) is 4.54. The Hall–Kier alpha value is -1.40. The maximum Gasteiger partial charge on any atom is 0.234 e. The van der Waals surface area contributed by atoms with Crippen molar-refractivity contribution in [1.82, 2.24) is 20.4 Å². The molecule has 1 aromatic heterocycles. The van der Waals surface area contributed by atoms with Gasteiger partial charge in [0.25, 0.3) is 0 Å². The first-order valence-electron chi connectivity index (χ1n) is 6.30. The number of nitrogens with one attached hydrogen (secondary N) is 2. The van der Waals surface area contributed by atoms with Crippen molar-refractivity contribution in [2.24, 2.45) is 7.05 Å². The van der Waals surface area contributed by atoms with Gasteiger partial charge in [-0.15, -0.1) is 0 Å². The molecule has 1 aromatic rings. The molecule has 0 aromatic carbocycles. The fourth-order valence-electron chi connectivity index (χ4n) is 1.98. The summed E-state index contributed by atoms with van der Waals surface area (Å²) >= 11 is 0. The topological polar surface area (TPSA) is 68.2 Å². The first kappa shape index (κ1) is 13.0. The molecular weight excluding hydrogens is 232 g/mol. The van der Waals surface area contributed by atoms with E-state index in [0.717, 1.165) is 31.7 Å². The Labute approximate surface area is 107 Å². The Balaban J connectivity index is 1.62. The number of aryl methyl sites for hydroxylation is 1. The summed E-state index contributed by atoms with van der Waals surface area (Å²) in [6, 6.07) is 2.20. The second-order valence-electron chi connectivity index (χ2n) is 4.54. The Morgan fingerprint density at radius 1 is 1.56 bits per heavy atom. The van der Waals surface area contributed by atoms with Crippen LogP contribution in [0.2, 0.25) is 0 Å². The number of hydrogen-bond acceptors (Lipinski definition) is 4. The molecule has 1 fully saturated rings. The molecule has 0 aliphatic carbocycles. The maximum atomic E-state index is 11.7. The number of carbonyl (C=O) groups is 1. The van der Waals surface area contributed by atoms with E-state index in [2.05, 4.69) is 15.7 Å². The van der Waals surface area contributed by atoms with Crippen molar-refractivity contribution >= 4 is 5.91 Å². The fraction of sp³-hybridized carbons (Fsp3) is 0.667. The average molecular weight is 252 g/mol. The van der Waals surface area contributed by atoms with Crippen LogP contribution >= 0.6 is 0 Å². The van der Waals surface area contributed by atoms with Gasteiger partial charge in [0.1, 0.15) is 0 Å². The first-order chi connectivity index (χ1) is 8.74. The molecule has 0 bridgehead atoms. The summed E-state index contributed by atoms with van der Waals surface area (Å²) in [6.07, 6.45) is 3.71. The van der Waals surface area contributed by atoms with E-state index in [9.17, 15) is 4.79 Å². The van der Waals surface area contributed by atoms with Crippen LogP contribution in [0.25, 0.3) is 0 Å². The number of nitrogens with zero attached hydrogens (tertiary/aromatic N) is 2. The van der Waals surface area contributed by atoms with E-state index in [1.54, 1.807) is 4.68 Å². The molecule has 0 saturated carbocycles. The van der Waals surface area contributed by atoms with Crippen molar-refractivity contribution < 1.29 is 9.53 Å². The predicted molar refractivity (Wildman–Crippen MR) is 66.9 cm³/mol. The Morgan fingerprint density at radius 3 is 3.00 bits per heavy atom. The van der Waals surface area contributed by atoms with Crippen LogP contribution in [-0.4, -0.2) is 41.5 Å². The summed E-state index contributed by atoms with van der Waals surface area (Å²) in [4.78, 5) is 11.7. The van der Waals surface area contributed by atoms with E-state index in [4.69, 9.17) is 4.74 Å². The first-order valence-corrected chi connectivity index (χ1v) is 6.30. The van der Waals surface area contributed by atoms with Crippen molar-refractivity contribution in [3.05, 3.63) is 18.0 Å². The van der Waals surface area contributed by atoms with Gasteiger partial charge < -0.3 is 15.4 Å². The minimum absolute atomic E-state index is 0.0397. The highest BCUT2D eigenvalue weighted by Gasteiger charge is 2.15. The maximum absolute atomic E-state index is 11.7. The molecule has 0 unspecified atom stereocenters. The summed E-state index contributed by atoms with van der Waals surface area (Å²) in [7, 11) is 1.88. The molecule has 2 rings (SSSR count). The van der Waals surface area contributed by atoms with Crippen LogP contribution in [0.3, 0.4) is 0 Å². The third-order valence-corrected chi connectivity index (χ3v) is 2.95. The van der Waals surface area contributed by atoms with Gasteiger partial charge in [-0.1, -0.05) is 0 Å². The van der Waals surface area contributed by atoms with Gasteiger partial charge in [-0.05, 0) is 18.9 Å². The van der Waals surface area contributed by atoms with Crippen LogP contribution in [0, 0.1) is 0 Å². The number of aromatic nitrogens is 2. The van der Waals surface area contributed by atoms with Crippen LogP contribution < -0.4 is 10.6 Å². The summed E-state index contributed by atoms with van der Waals surface area (Å²) < 4.78 is 6.99. The van der Waals surface area contributed by atoms with Crippen molar-refractivity contribution in [2.45, 2.75) is 25.4 Å². The van der Waals surface area contributed by atoms with Crippen molar-refractivity contribution in [1.29, 1.82) is 0 Å². The molecular formula is C12H20N4O2. The summed E-state index contributed by atoms with van der Waals surface area (Å²) in [5.74, 6) is 0.0397. The molecule has 2 N–H and O–H groups in total. The summed E-state index contributed by atoms with van der Waals surface area (Å²) in [5.41, 5.74) is 0.941. The van der Waals surface area contributed by atoms with Gasteiger partial charge in [0, 0.05) is 39.0 Å². The molecule has 0 spiro atoms. The van der Waals surface area contributed by atoms with Crippen molar-refractivity contribution in [3.8, 4) is 0 Å². The fourth-order valence-corrected chi connectivity index (χ4v) is 1.98. The second kappa shape index (κ2) is 6.51. The molecule has 0 radical (unpaired) electrons. The normalized spacial score (nSPS) is 16.7. The van der Waals surface area contributed by atoms with Crippen LogP contribution in [-0.2, 0) is 23.1 Å². The lowest BCUT2D eigenvalue weighted by Gasteiger charge is -2.23. The van der Waals surface area contributed by atoms with Crippen LogP contribution in [0.5, 0.6) is 0 Å². The number of ether oxygens (including phenoxy) is 1. The van der Waals surface area contributed by atoms with Crippen LogP contribution in [0.4, 0.5) is 0 Å². The lowest BCUT2D eigenvalue weighted by atomic mass is 10.1. The van der Waals surface area contributed by atoms with E-state index in [-0.39, 0.29) is 11.9 Å². The molecule has 6 heteroatoms. The number of amides is 1. The molecule has 1 saturated heterocycles. The molecule has 6 nitrogen and oxygen atoms in total. The van der Waals surface area contributed by atoms with E-state index < -0.39 is 0 Å². The minimum atomic E-state index is 0.0397. The van der Waals surface area contributed by atoms with E-state index >= 15 is 0 Å². The van der Waals surface area contributed by atoms with E-state index in [1.807, 2.05) is 19.3 Å². The smallest absolute Gasteiger partial charge is 0.234 e. The summed E-state index contributed by atoms with van der Waals surface area (Å²) in [6.45, 7) is 2.43. The van der Waals surface area contributed by atoms with Gasteiger partial charge in [-0.3, -0.25) is 9.48 Å². The molecule has 1 aliphatic heterocycles. The molecule has 1 amide bonds. The zero-order valence-corrected chi connectivity index (χ0v) is 10.7. The number of carbonyl (C=O) groups excluding carboxylic acids is 1. The molecule has 2 heterocycles. The van der Waals surface area contributed by atoms with Gasteiger partial charge in [0.2, 0.25) is 5.91 Å². The van der Waals surface area contributed by atoms with Crippen molar-refractivity contribution in [2.75, 3.05) is 19.8 Å². The Bertz CT molecular complexity index is 385. The Kier molecular flexibility index (Phi) is 4.72. The predicted octanol–water partition coefficient (Wildman–Crippen LogP) is -0.195. The highest BCUT2D eigenvalue weighted by molar-refractivity contribution is 5.78. The zero-order valence-electron chi connectivity index (χ0n) is 10.7. The lowest BCUT2D eigenvalue weighted by Crippen LogP contribution is -2.42. The minimum Gasteiger partial charge on any atom is -0.381 e. The standard InChI is InChI=1S/C12H20N4O2/c1-16-5-2-11(15-16)8-13-9-12(17)14-10-3-6-18-7-4-10/h2,5,10,13H,3-4,6-9H2,1H3,(H,14,17). The number of hydrogen-bond donors (Lipinski definition) is 2. The quantitative estimate of drug-likeness (QED) is 0.762. The van der Waals surface area contributed by atoms with Crippen molar-refractivity contribution in [3.63, 3.8) is 0 Å². The van der Waals surface area contributed by atoms with Gasteiger partial charge in [0.15, 0.2) is 0 Å². The van der Waals surface area contributed by atoms with E-state index in [1.165, 1.54) is 0 Å². The third kappa shape index (κ3) is 4.12. The third-order valence-electron chi connectivity index (χ3n) is 2.95. The van der Waals surface area contributed by atoms with Gasteiger partial charge >= 0.3 is 0 Å². The Morgan fingerprint density at radius 2 is 2.33 bits per heavy atom. The monoisotopic (exact) mass is 252 g/mol. The molecule has 18 heavy (non-hydrogen) atoms. The van der Waals surface area contributed by atoms with Crippen LogP contribution in [0.15, 0.2) is 12.3 Å². The van der Waals surface area contributed by atoms with Crippen LogP contribution in [0.1, 0.15) is 18.5 Å². The SMILES string of the molecule is Cn1ccc(CNCC(=O)NC2CCOCC2)n1. The highest BCUT2D eigenvalue weighted by Crippen LogP contribution is 2.05. The van der Waals surface area contributed by atoms with Gasteiger partial charge in [-0.25, -0.2) is 0 Å². The van der Waals surface area contributed by atoms with Gasteiger partial charge in [0.05, 0.1) is 12.2 Å². The zero-order chi connectivity index (χ0) is 12.8. The summed E-state index contributed by atoms with van der Waals surface area (Å²) in [5, 5.41) is 10.3. The largest absolute Gasteiger partial charge is 0.381 e. The molecule has 0 atom stereocenters.